The minimum atomic E-state index is -0.472. The molecule has 0 radical (unpaired) electrons. The molecule has 2 N–H and O–H groups in total. The number of likely N-dealkylation sites (N-methyl/N-ethyl adjacent to an activating group) is 1. The van der Waals surface area contributed by atoms with Gasteiger partial charge in [0.25, 0.3) is 0 Å². The third kappa shape index (κ3) is 5.21. The number of ether oxygens (including phenoxy) is 3. The van der Waals surface area contributed by atoms with Crippen LogP contribution in [0.1, 0.15) is 19.4 Å². The zero-order chi connectivity index (χ0) is 21.7. The Hall–Kier alpha value is -3.26. The van der Waals surface area contributed by atoms with Crippen molar-refractivity contribution in [3.8, 4) is 17.2 Å². The Morgan fingerprint density at radius 3 is 2.67 bits per heavy atom. The Bertz CT molecular complexity index is 929. The molecule has 0 spiro atoms. The fourth-order valence-electron chi connectivity index (χ4n) is 3.02. The van der Waals surface area contributed by atoms with Crippen LogP contribution in [0.15, 0.2) is 42.5 Å². The number of hydrogen-bond acceptors (Lipinski definition) is 6. The molecule has 2 amide bonds. The maximum Gasteiger partial charge on any atom is 0.243 e. The quantitative estimate of drug-likeness (QED) is 0.691. The third-order valence-corrected chi connectivity index (χ3v) is 4.94. The van der Waals surface area contributed by atoms with Crippen molar-refractivity contribution < 1.29 is 23.8 Å². The molecule has 8 nitrogen and oxygen atoms in total. The summed E-state index contributed by atoms with van der Waals surface area (Å²) in [5.74, 6) is 1.58. The fourth-order valence-corrected chi connectivity index (χ4v) is 3.02. The summed E-state index contributed by atoms with van der Waals surface area (Å²) in [5, 5.41) is 6.01. The molecule has 0 atom stereocenters. The van der Waals surface area contributed by atoms with E-state index in [1.807, 2.05) is 32.0 Å². The average molecular weight is 413 g/mol. The molecule has 0 bridgehead atoms. The molecular weight excluding hydrogens is 386 g/mol. The van der Waals surface area contributed by atoms with Crippen molar-refractivity contribution in [3.63, 3.8) is 0 Å². The SMILES string of the molecule is COc1cccc(NC(=O)CN(C)C(=O)CNC(C)(C)c2ccc3c(c2)OCO3)c1. The number of carbonyl (C=O) groups excluding carboxylic acids is 2. The molecule has 2 aromatic carbocycles. The molecule has 0 aliphatic carbocycles. The van der Waals surface area contributed by atoms with E-state index in [2.05, 4.69) is 10.6 Å². The van der Waals surface area contributed by atoms with Crippen molar-refractivity contribution in [3.05, 3.63) is 48.0 Å². The molecule has 8 heteroatoms. The predicted octanol–water partition coefficient (Wildman–Crippen LogP) is 2.35. The van der Waals surface area contributed by atoms with Gasteiger partial charge in [-0.1, -0.05) is 12.1 Å². The lowest BCUT2D eigenvalue weighted by molar-refractivity contribution is -0.132. The van der Waals surface area contributed by atoms with Gasteiger partial charge in [-0.25, -0.2) is 0 Å². The number of fused-ring (bicyclic) bond motifs is 1. The van der Waals surface area contributed by atoms with Gasteiger partial charge in [-0.15, -0.1) is 0 Å². The largest absolute Gasteiger partial charge is 0.497 e. The summed E-state index contributed by atoms with van der Waals surface area (Å²) in [4.78, 5) is 26.2. The molecule has 0 saturated heterocycles. The van der Waals surface area contributed by atoms with Gasteiger partial charge in [0.1, 0.15) is 5.75 Å². The van der Waals surface area contributed by atoms with Crippen LogP contribution in [0.25, 0.3) is 0 Å². The summed E-state index contributed by atoms with van der Waals surface area (Å²) in [5.41, 5.74) is 1.11. The van der Waals surface area contributed by atoms with Crippen LogP contribution in [0, 0.1) is 0 Å². The van der Waals surface area contributed by atoms with Gasteiger partial charge < -0.3 is 24.4 Å². The van der Waals surface area contributed by atoms with E-state index in [-0.39, 0.29) is 31.7 Å². The number of anilines is 1. The minimum absolute atomic E-state index is 0.0534. The standard InChI is InChI=1S/C22H27N3O5/c1-22(2,15-8-9-18-19(10-15)30-14-29-18)23-12-21(27)25(3)13-20(26)24-16-6-5-7-17(11-16)28-4/h5-11,23H,12-14H2,1-4H3,(H,24,26). The molecule has 0 saturated carbocycles. The van der Waals surface area contributed by atoms with Crippen molar-refractivity contribution in [2.24, 2.45) is 0 Å². The first kappa shape index (κ1) is 21.4. The minimum Gasteiger partial charge on any atom is -0.497 e. The van der Waals surface area contributed by atoms with Crippen LogP contribution < -0.4 is 24.8 Å². The summed E-state index contributed by atoms with van der Waals surface area (Å²) in [7, 11) is 3.16. The number of hydrogen-bond donors (Lipinski definition) is 2. The molecule has 1 aliphatic rings. The van der Waals surface area contributed by atoms with E-state index in [4.69, 9.17) is 14.2 Å². The maximum absolute atomic E-state index is 12.5. The lowest BCUT2D eigenvalue weighted by Gasteiger charge is -2.28. The van der Waals surface area contributed by atoms with Crippen LogP contribution in [-0.4, -0.2) is 50.8 Å². The molecular formula is C22H27N3O5. The molecule has 1 heterocycles. The van der Waals surface area contributed by atoms with Gasteiger partial charge in [-0.3, -0.25) is 14.9 Å². The molecule has 0 aromatic heterocycles. The summed E-state index contributed by atoms with van der Waals surface area (Å²) < 4.78 is 15.9. The van der Waals surface area contributed by atoms with Crippen LogP contribution in [0.5, 0.6) is 17.2 Å². The first-order valence-corrected chi connectivity index (χ1v) is 9.61. The highest BCUT2D eigenvalue weighted by molar-refractivity contribution is 5.94. The van der Waals surface area contributed by atoms with E-state index in [0.717, 1.165) is 5.56 Å². The van der Waals surface area contributed by atoms with Gasteiger partial charge in [0.05, 0.1) is 20.2 Å². The number of methoxy groups -OCH3 is 1. The Morgan fingerprint density at radius 2 is 1.90 bits per heavy atom. The third-order valence-electron chi connectivity index (χ3n) is 4.94. The zero-order valence-corrected chi connectivity index (χ0v) is 17.7. The van der Waals surface area contributed by atoms with Crippen molar-refractivity contribution >= 4 is 17.5 Å². The van der Waals surface area contributed by atoms with E-state index in [1.54, 1.807) is 38.4 Å². The Labute approximate surface area is 176 Å². The second kappa shape index (κ2) is 9.04. The molecule has 30 heavy (non-hydrogen) atoms. The van der Waals surface area contributed by atoms with Crippen molar-refractivity contribution in [2.75, 3.05) is 39.4 Å². The molecule has 0 fully saturated rings. The van der Waals surface area contributed by atoms with Gasteiger partial charge in [-0.05, 0) is 43.7 Å². The summed E-state index contributed by atoms with van der Waals surface area (Å²) in [6.07, 6.45) is 0. The lowest BCUT2D eigenvalue weighted by atomic mass is 9.94. The Balaban J connectivity index is 1.51. The number of amides is 2. The number of nitrogens with zero attached hydrogens (tertiary/aromatic N) is 1. The predicted molar refractivity (Wildman–Crippen MR) is 113 cm³/mol. The van der Waals surface area contributed by atoms with Crippen molar-refractivity contribution in [1.82, 2.24) is 10.2 Å². The van der Waals surface area contributed by atoms with Crippen LogP contribution in [0.4, 0.5) is 5.69 Å². The van der Waals surface area contributed by atoms with Crippen LogP contribution in [-0.2, 0) is 15.1 Å². The van der Waals surface area contributed by atoms with Gasteiger partial charge in [-0.2, -0.15) is 0 Å². The van der Waals surface area contributed by atoms with E-state index >= 15 is 0 Å². The molecule has 0 unspecified atom stereocenters. The average Bonchev–Trinajstić information content (AvgIpc) is 3.20. The highest BCUT2D eigenvalue weighted by Crippen LogP contribution is 2.35. The second-order valence-electron chi connectivity index (χ2n) is 7.58. The Morgan fingerprint density at radius 1 is 1.13 bits per heavy atom. The normalized spacial score (nSPS) is 12.4. The van der Waals surface area contributed by atoms with E-state index < -0.39 is 5.54 Å². The number of carbonyl (C=O) groups is 2. The highest BCUT2D eigenvalue weighted by Gasteiger charge is 2.25. The molecule has 2 aromatic rings. The second-order valence-corrected chi connectivity index (χ2v) is 7.58. The summed E-state index contributed by atoms with van der Waals surface area (Å²) in [6, 6.07) is 12.8. The summed E-state index contributed by atoms with van der Waals surface area (Å²) in [6.45, 7) is 4.21. The van der Waals surface area contributed by atoms with E-state index in [9.17, 15) is 9.59 Å². The molecule has 3 rings (SSSR count). The lowest BCUT2D eigenvalue weighted by Crippen LogP contribution is -2.45. The fraction of sp³-hybridized carbons (Fsp3) is 0.364. The smallest absolute Gasteiger partial charge is 0.243 e. The number of rotatable bonds is 8. The van der Waals surface area contributed by atoms with Crippen LogP contribution in [0.2, 0.25) is 0 Å². The van der Waals surface area contributed by atoms with Gasteiger partial charge in [0, 0.05) is 24.3 Å². The first-order chi connectivity index (χ1) is 14.3. The first-order valence-electron chi connectivity index (χ1n) is 9.61. The number of nitrogens with one attached hydrogen (secondary N) is 2. The summed E-state index contributed by atoms with van der Waals surface area (Å²) >= 11 is 0. The molecule has 160 valence electrons. The highest BCUT2D eigenvalue weighted by atomic mass is 16.7. The van der Waals surface area contributed by atoms with Gasteiger partial charge in [0.2, 0.25) is 18.6 Å². The van der Waals surface area contributed by atoms with Crippen LogP contribution >= 0.6 is 0 Å². The number of benzene rings is 2. The van der Waals surface area contributed by atoms with Crippen molar-refractivity contribution in [2.45, 2.75) is 19.4 Å². The van der Waals surface area contributed by atoms with Gasteiger partial charge >= 0.3 is 0 Å². The van der Waals surface area contributed by atoms with Gasteiger partial charge in [0.15, 0.2) is 11.5 Å². The maximum atomic E-state index is 12.5. The van der Waals surface area contributed by atoms with E-state index in [1.165, 1.54) is 4.90 Å². The monoisotopic (exact) mass is 413 g/mol. The van der Waals surface area contributed by atoms with Crippen molar-refractivity contribution in [1.29, 1.82) is 0 Å². The Kier molecular flexibility index (Phi) is 6.47. The zero-order valence-electron chi connectivity index (χ0n) is 17.7. The topological polar surface area (TPSA) is 89.1 Å². The van der Waals surface area contributed by atoms with Crippen LogP contribution in [0.3, 0.4) is 0 Å². The van der Waals surface area contributed by atoms with E-state index in [0.29, 0.717) is 22.9 Å². The molecule has 1 aliphatic heterocycles.